The highest BCUT2D eigenvalue weighted by atomic mass is 32.2. The largest absolute Gasteiger partial charge is 0.380 e. The SMILES string of the molecule is CCOCC(C)NS(=O)(=O)CC#N. The Morgan fingerprint density at radius 1 is 1.62 bits per heavy atom. The number of nitrogens with zero attached hydrogens (tertiary/aromatic N) is 1. The van der Waals surface area contributed by atoms with Crippen molar-refractivity contribution in [2.75, 3.05) is 19.0 Å². The normalized spacial score (nSPS) is 13.6. The van der Waals surface area contributed by atoms with Gasteiger partial charge in [-0.3, -0.25) is 0 Å². The van der Waals surface area contributed by atoms with Gasteiger partial charge in [0.2, 0.25) is 10.0 Å². The van der Waals surface area contributed by atoms with Gasteiger partial charge in [0.05, 0.1) is 12.7 Å². The van der Waals surface area contributed by atoms with Crippen LogP contribution in [0.15, 0.2) is 0 Å². The van der Waals surface area contributed by atoms with Crippen LogP contribution in [0.1, 0.15) is 13.8 Å². The fraction of sp³-hybridized carbons (Fsp3) is 0.857. The molecule has 1 unspecified atom stereocenters. The number of hydrogen-bond donors (Lipinski definition) is 1. The molecule has 0 aliphatic carbocycles. The van der Waals surface area contributed by atoms with Crippen molar-refractivity contribution in [2.24, 2.45) is 0 Å². The lowest BCUT2D eigenvalue weighted by Gasteiger charge is -2.11. The van der Waals surface area contributed by atoms with Gasteiger partial charge in [-0.15, -0.1) is 0 Å². The molecule has 0 radical (unpaired) electrons. The van der Waals surface area contributed by atoms with E-state index in [4.69, 9.17) is 10.00 Å². The summed E-state index contributed by atoms with van der Waals surface area (Å²) in [6.45, 7) is 4.38. The van der Waals surface area contributed by atoms with Crippen molar-refractivity contribution in [1.82, 2.24) is 4.72 Å². The molecule has 1 N–H and O–H groups in total. The van der Waals surface area contributed by atoms with Crippen molar-refractivity contribution < 1.29 is 13.2 Å². The second-order valence-electron chi connectivity index (χ2n) is 2.60. The van der Waals surface area contributed by atoms with Crippen molar-refractivity contribution >= 4 is 10.0 Å². The zero-order valence-electron chi connectivity index (χ0n) is 7.78. The summed E-state index contributed by atoms with van der Waals surface area (Å²) in [6, 6.07) is 1.28. The van der Waals surface area contributed by atoms with E-state index in [1.807, 2.05) is 6.92 Å². The first-order valence-corrected chi connectivity index (χ1v) is 5.61. The van der Waals surface area contributed by atoms with E-state index in [-0.39, 0.29) is 6.04 Å². The number of sulfonamides is 1. The molecule has 0 aliphatic rings. The molecule has 0 fully saturated rings. The van der Waals surface area contributed by atoms with Crippen LogP contribution in [0, 0.1) is 11.3 Å². The molecule has 0 aromatic carbocycles. The van der Waals surface area contributed by atoms with Gasteiger partial charge in [0.15, 0.2) is 5.75 Å². The third-order valence-electron chi connectivity index (χ3n) is 1.21. The minimum Gasteiger partial charge on any atom is -0.380 e. The Bertz CT molecular complexity index is 268. The summed E-state index contributed by atoms with van der Waals surface area (Å²) < 4.78 is 29.4. The van der Waals surface area contributed by atoms with Crippen molar-refractivity contribution in [3.8, 4) is 6.07 Å². The van der Waals surface area contributed by atoms with Crippen molar-refractivity contribution in [1.29, 1.82) is 5.26 Å². The molecule has 0 aromatic heterocycles. The third kappa shape index (κ3) is 6.51. The van der Waals surface area contributed by atoms with Crippen LogP contribution < -0.4 is 4.72 Å². The lowest BCUT2D eigenvalue weighted by Crippen LogP contribution is -2.37. The standard InChI is InChI=1S/C7H14N2O3S/c1-3-12-6-7(2)9-13(10,11)5-4-8/h7,9H,3,5-6H2,1-2H3. The lowest BCUT2D eigenvalue weighted by molar-refractivity contribution is 0.133. The van der Waals surface area contributed by atoms with E-state index in [0.717, 1.165) is 0 Å². The molecule has 0 saturated heterocycles. The summed E-state index contributed by atoms with van der Waals surface area (Å²) in [7, 11) is -3.45. The van der Waals surface area contributed by atoms with E-state index in [9.17, 15) is 8.42 Å². The molecule has 0 saturated carbocycles. The first-order valence-electron chi connectivity index (χ1n) is 3.96. The zero-order chi connectivity index (χ0) is 10.3. The summed E-state index contributed by atoms with van der Waals surface area (Å²) in [5.41, 5.74) is 0. The molecule has 6 heteroatoms. The molecule has 0 spiro atoms. The van der Waals surface area contributed by atoms with Crippen LogP contribution in [0.3, 0.4) is 0 Å². The number of hydrogen-bond acceptors (Lipinski definition) is 4. The molecule has 1 atom stereocenters. The highest BCUT2D eigenvalue weighted by Gasteiger charge is 2.13. The van der Waals surface area contributed by atoms with Gasteiger partial charge in [-0.2, -0.15) is 5.26 Å². The Balaban J connectivity index is 3.91. The average Bonchev–Trinajstić information content (AvgIpc) is 1.99. The number of nitriles is 1. The predicted molar refractivity (Wildman–Crippen MR) is 48.5 cm³/mol. The van der Waals surface area contributed by atoms with E-state index in [2.05, 4.69) is 4.72 Å². The molecule has 0 aliphatic heterocycles. The monoisotopic (exact) mass is 206 g/mol. The maximum atomic E-state index is 11.0. The van der Waals surface area contributed by atoms with E-state index < -0.39 is 15.8 Å². The summed E-state index contributed by atoms with van der Waals surface area (Å²) >= 11 is 0. The van der Waals surface area contributed by atoms with E-state index >= 15 is 0 Å². The topological polar surface area (TPSA) is 79.2 Å². The van der Waals surface area contributed by atoms with Gasteiger partial charge < -0.3 is 4.74 Å². The molecule has 0 rings (SSSR count). The predicted octanol–water partition coefficient (Wildman–Crippen LogP) is -0.146. The molecular weight excluding hydrogens is 192 g/mol. The molecule has 76 valence electrons. The Hall–Kier alpha value is -0.640. The maximum Gasteiger partial charge on any atom is 0.225 e. The van der Waals surface area contributed by atoms with Crippen LogP contribution in [-0.4, -0.2) is 33.4 Å². The average molecular weight is 206 g/mol. The second-order valence-corrected chi connectivity index (χ2v) is 4.35. The third-order valence-corrected chi connectivity index (χ3v) is 2.48. The quantitative estimate of drug-likeness (QED) is 0.655. The van der Waals surface area contributed by atoms with Crippen molar-refractivity contribution in [2.45, 2.75) is 19.9 Å². The number of rotatable bonds is 6. The van der Waals surface area contributed by atoms with Gasteiger partial charge >= 0.3 is 0 Å². The van der Waals surface area contributed by atoms with Gasteiger partial charge in [0.25, 0.3) is 0 Å². The van der Waals surface area contributed by atoms with Gasteiger partial charge in [-0.1, -0.05) is 0 Å². The Kier molecular flexibility index (Phi) is 5.62. The highest BCUT2D eigenvalue weighted by molar-refractivity contribution is 7.89. The van der Waals surface area contributed by atoms with Crippen molar-refractivity contribution in [3.63, 3.8) is 0 Å². The van der Waals surface area contributed by atoms with Gasteiger partial charge in [0.1, 0.15) is 0 Å². The van der Waals surface area contributed by atoms with Crippen LogP contribution in [-0.2, 0) is 14.8 Å². The van der Waals surface area contributed by atoms with E-state index in [1.54, 1.807) is 13.0 Å². The van der Waals surface area contributed by atoms with Crippen LogP contribution in [0.25, 0.3) is 0 Å². The molecule has 0 aromatic rings. The van der Waals surface area contributed by atoms with Crippen LogP contribution in [0.5, 0.6) is 0 Å². The second kappa shape index (κ2) is 5.91. The molecule has 0 bridgehead atoms. The number of nitrogens with one attached hydrogen (secondary N) is 1. The Labute approximate surface area is 78.7 Å². The Morgan fingerprint density at radius 3 is 2.69 bits per heavy atom. The molecule has 0 heterocycles. The maximum absolute atomic E-state index is 11.0. The summed E-state index contributed by atoms with van der Waals surface area (Å²) in [5, 5.41) is 8.19. The summed E-state index contributed by atoms with van der Waals surface area (Å²) in [6.07, 6.45) is 0. The fourth-order valence-corrected chi connectivity index (χ4v) is 1.70. The van der Waals surface area contributed by atoms with Gasteiger partial charge in [-0.05, 0) is 13.8 Å². The first kappa shape index (κ1) is 12.4. The smallest absolute Gasteiger partial charge is 0.225 e. The van der Waals surface area contributed by atoms with Crippen LogP contribution in [0.2, 0.25) is 0 Å². The van der Waals surface area contributed by atoms with Crippen LogP contribution >= 0.6 is 0 Å². The molecule has 0 amide bonds. The van der Waals surface area contributed by atoms with Gasteiger partial charge in [0, 0.05) is 12.6 Å². The van der Waals surface area contributed by atoms with Crippen LogP contribution in [0.4, 0.5) is 0 Å². The summed E-state index contributed by atoms with van der Waals surface area (Å²) in [5.74, 6) is -0.510. The molecular formula is C7H14N2O3S. The Morgan fingerprint density at radius 2 is 2.23 bits per heavy atom. The first-order chi connectivity index (χ1) is 6.02. The zero-order valence-corrected chi connectivity index (χ0v) is 8.60. The molecule has 5 nitrogen and oxygen atoms in total. The van der Waals surface area contributed by atoms with E-state index in [0.29, 0.717) is 13.2 Å². The minimum atomic E-state index is -3.45. The number of ether oxygens (including phenoxy) is 1. The van der Waals surface area contributed by atoms with Gasteiger partial charge in [-0.25, -0.2) is 13.1 Å². The van der Waals surface area contributed by atoms with Crippen molar-refractivity contribution in [3.05, 3.63) is 0 Å². The molecule has 13 heavy (non-hydrogen) atoms. The summed E-state index contributed by atoms with van der Waals surface area (Å²) in [4.78, 5) is 0. The minimum absolute atomic E-state index is 0.293. The lowest BCUT2D eigenvalue weighted by atomic mass is 10.4. The van der Waals surface area contributed by atoms with E-state index in [1.165, 1.54) is 0 Å². The highest BCUT2D eigenvalue weighted by Crippen LogP contribution is 1.90. The fourth-order valence-electron chi connectivity index (χ4n) is 0.762.